The fourth-order valence-corrected chi connectivity index (χ4v) is 3.11. The van der Waals surface area contributed by atoms with E-state index in [9.17, 15) is 4.39 Å². The molecule has 1 unspecified atom stereocenters. The molecule has 0 bridgehead atoms. The van der Waals surface area contributed by atoms with Crippen LogP contribution >= 0.6 is 23.8 Å². The Labute approximate surface area is 138 Å². The SMILES string of the molecule is CNC(=S)N1CCCC1c1cc(-c2cc(Cl)ccc2F)on1. The zero-order chi connectivity index (χ0) is 15.7. The third-order valence-electron chi connectivity index (χ3n) is 3.79. The molecule has 22 heavy (non-hydrogen) atoms. The van der Waals surface area contributed by atoms with Gasteiger partial charge in [-0.3, -0.25) is 0 Å². The Morgan fingerprint density at radius 2 is 2.32 bits per heavy atom. The van der Waals surface area contributed by atoms with Crippen molar-refractivity contribution in [3.05, 3.63) is 40.8 Å². The second kappa shape index (κ2) is 6.22. The normalized spacial score (nSPS) is 17.8. The number of rotatable bonds is 2. The summed E-state index contributed by atoms with van der Waals surface area (Å²) in [6, 6.07) is 6.17. The van der Waals surface area contributed by atoms with Gasteiger partial charge in [-0.15, -0.1) is 0 Å². The van der Waals surface area contributed by atoms with Crippen LogP contribution in [-0.4, -0.2) is 28.8 Å². The lowest BCUT2D eigenvalue weighted by Gasteiger charge is -2.24. The standard InChI is InChI=1S/C15H15ClFN3OS/c1-18-15(22)20-6-2-3-13(20)12-8-14(21-19-12)10-7-9(16)4-5-11(10)17/h4-5,7-8,13H,2-3,6H2,1H3,(H,18,22). The van der Waals surface area contributed by atoms with Crippen LogP contribution < -0.4 is 5.32 Å². The summed E-state index contributed by atoms with van der Waals surface area (Å²) in [5.41, 5.74) is 1.07. The molecule has 2 aromatic rings. The monoisotopic (exact) mass is 339 g/mol. The fourth-order valence-electron chi connectivity index (χ4n) is 2.72. The van der Waals surface area contributed by atoms with E-state index >= 15 is 0 Å². The van der Waals surface area contributed by atoms with E-state index in [-0.39, 0.29) is 11.9 Å². The number of hydrogen-bond donors (Lipinski definition) is 1. The van der Waals surface area contributed by atoms with Crippen LogP contribution in [-0.2, 0) is 0 Å². The van der Waals surface area contributed by atoms with Crippen LogP contribution in [0.1, 0.15) is 24.6 Å². The molecular weight excluding hydrogens is 325 g/mol. The summed E-state index contributed by atoms with van der Waals surface area (Å²) in [7, 11) is 1.80. The maximum atomic E-state index is 13.9. The van der Waals surface area contributed by atoms with Crippen LogP contribution in [0, 0.1) is 5.82 Å². The van der Waals surface area contributed by atoms with Crippen molar-refractivity contribution in [1.82, 2.24) is 15.4 Å². The number of thiocarbonyl (C=S) groups is 1. The summed E-state index contributed by atoms with van der Waals surface area (Å²) in [6.45, 7) is 0.873. The number of nitrogens with one attached hydrogen (secondary N) is 1. The molecule has 7 heteroatoms. The number of aromatic nitrogens is 1. The van der Waals surface area contributed by atoms with Gasteiger partial charge in [-0.1, -0.05) is 16.8 Å². The molecule has 1 aromatic heterocycles. The van der Waals surface area contributed by atoms with E-state index in [1.807, 2.05) is 0 Å². The summed E-state index contributed by atoms with van der Waals surface area (Å²) in [5.74, 6) is -0.0154. The van der Waals surface area contributed by atoms with Crippen LogP contribution in [0.5, 0.6) is 0 Å². The highest BCUT2D eigenvalue weighted by atomic mass is 35.5. The van der Waals surface area contributed by atoms with Gasteiger partial charge in [0.1, 0.15) is 11.5 Å². The summed E-state index contributed by atoms with van der Waals surface area (Å²) in [4.78, 5) is 2.07. The summed E-state index contributed by atoms with van der Waals surface area (Å²) in [6.07, 6.45) is 1.96. The number of benzene rings is 1. The molecule has 1 aliphatic heterocycles. The van der Waals surface area contributed by atoms with Gasteiger partial charge in [0.2, 0.25) is 0 Å². The largest absolute Gasteiger partial charge is 0.366 e. The zero-order valence-corrected chi connectivity index (χ0v) is 13.5. The van der Waals surface area contributed by atoms with Crippen molar-refractivity contribution in [2.75, 3.05) is 13.6 Å². The van der Waals surface area contributed by atoms with Crippen LogP contribution in [0.4, 0.5) is 4.39 Å². The highest BCUT2D eigenvalue weighted by molar-refractivity contribution is 7.80. The van der Waals surface area contributed by atoms with E-state index in [1.54, 1.807) is 13.1 Å². The number of nitrogens with zero attached hydrogens (tertiary/aromatic N) is 2. The van der Waals surface area contributed by atoms with E-state index in [0.717, 1.165) is 25.1 Å². The zero-order valence-electron chi connectivity index (χ0n) is 12.0. The second-order valence-electron chi connectivity index (χ2n) is 5.15. The Morgan fingerprint density at radius 1 is 1.50 bits per heavy atom. The van der Waals surface area contributed by atoms with Crippen molar-refractivity contribution in [2.24, 2.45) is 0 Å². The minimum atomic E-state index is -0.388. The average Bonchev–Trinajstić information content (AvgIpc) is 3.17. The molecule has 4 nitrogen and oxygen atoms in total. The van der Waals surface area contributed by atoms with Crippen molar-refractivity contribution in [3.63, 3.8) is 0 Å². The van der Waals surface area contributed by atoms with E-state index in [2.05, 4.69) is 15.4 Å². The summed E-state index contributed by atoms with van der Waals surface area (Å²) >= 11 is 11.2. The van der Waals surface area contributed by atoms with Crippen molar-refractivity contribution in [1.29, 1.82) is 0 Å². The highest BCUT2D eigenvalue weighted by Crippen LogP contribution is 2.34. The summed E-state index contributed by atoms with van der Waals surface area (Å²) < 4.78 is 19.2. The Bertz CT molecular complexity index is 706. The lowest BCUT2D eigenvalue weighted by atomic mass is 10.1. The molecule has 116 valence electrons. The third-order valence-corrected chi connectivity index (χ3v) is 4.46. The molecule has 1 fully saturated rings. The fraction of sp³-hybridized carbons (Fsp3) is 0.333. The summed E-state index contributed by atoms with van der Waals surface area (Å²) in [5, 5.41) is 8.22. The lowest BCUT2D eigenvalue weighted by Crippen LogP contribution is -2.37. The molecule has 0 aliphatic carbocycles. The molecule has 1 N–H and O–H groups in total. The molecule has 0 spiro atoms. The van der Waals surface area contributed by atoms with E-state index in [0.29, 0.717) is 21.5 Å². The van der Waals surface area contributed by atoms with Gasteiger partial charge < -0.3 is 14.7 Å². The van der Waals surface area contributed by atoms with Crippen LogP contribution in [0.3, 0.4) is 0 Å². The number of hydrogen-bond acceptors (Lipinski definition) is 3. The van der Waals surface area contributed by atoms with Gasteiger partial charge in [-0.05, 0) is 43.3 Å². The smallest absolute Gasteiger partial charge is 0.170 e. The predicted octanol–water partition coefficient (Wildman–Crippen LogP) is 3.78. The first-order chi connectivity index (χ1) is 10.6. The average molecular weight is 340 g/mol. The molecule has 1 aromatic carbocycles. The first-order valence-corrected chi connectivity index (χ1v) is 7.79. The Kier molecular flexibility index (Phi) is 4.31. The van der Waals surface area contributed by atoms with Gasteiger partial charge in [-0.2, -0.15) is 0 Å². The van der Waals surface area contributed by atoms with E-state index in [4.69, 9.17) is 28.3 Å². The lowest BCUT2D eigenvalue weighted by molar-refractivity contribution is 0.356. The molecule has 0 radical (unpaired) electrons. The predicted molar refractivity (Wildman–Crippen MR) is 87.2 cm³/mol. The van der Waals surface area contributed by atoms with E-state index < -0.39 is 0 Å². The van der Waals surface area contributed by atoms with Crippen LogP contribution in [0.2, 0.25) is 5.02 Å². The minimum Gasteiger partial charge on any atom is -0.366 e. The quantitative estimate of drug-likeness (QED) is 0.843. The third kappa shape index (κ3) is 2.80. The van der Waals surface area contributed by atoms with Gasteiger partial charge >= 0.3 is 0 Å². The first-order valence-electron chi connectivity index (χ1n) is 7.00. The number of halogens is 2. The van der Waals surface area contributed by atoms with Crippen LogP contribution in [0.15, 0.2) is 28.8 Å². The van der Waals surface area contributed by atoms with Crippen molar-refractivity contribution < 1.29 is 8.91 Å². The van der Waals surface area contributed by atoms with Gasteiger partial charge in [0, 0.05) is 24.7 Å². The van der Waals surface area contributed by atoms with Gasteiger partial charge in [-0.25, -0.2) is 4.39 Å². The maximum absolute atomic E-state index is 13.9. The molecule has 2 heterocycles. The molecule has 0 amide bonds. The molecule has 1 aliphatic rings. The van der Waals surface area contributed by atoms with Crippen LogP contribution in [0.25, 0.3) is 11.3 Å². The van der Waals surface area contributed by atoms with Crippen molar-refractivity contribution in [2.45, 2.75) is 18.9 Å². The van der Waals surface area contributed by atoms with Crippen molar-refractivity contribution in [3.8, 4) is 11.3 Å². The Balaban J connectivity index is 1.90. The van der Waals surface area contributed by atoms with E-state index in [1.165, 1.54) is 18.2 Å². The molecular formula is C15H15ClFN3OS. The molecule has 3 rings (SSSR count). The van der Waals surface area contributed by atoms with Gasteiger partial charge in [0.25, 0.3) is 0 Å². The first kappa shape index (κ1) is 15.2. The molecule has 1 saturated heterocycles. The molecule has 0 saturated carbocycles. The Hall–Kier alpha value is -1.66. The number of likely N-dealkylation sites (tertiary alicyclic amines) is 1. The Morgan fingerprint density at radius 3 is 3.09 bits per heavy atom. The second-order valence-corrected chi connectivity index (χ2v) is 5.97. The van der Waals surface area contributed by atoms with Gasteiger partial charge in [0.05, 0.1) is 11.6 Å². The van der Waals surface area contributed by atoms with Gasteiger partial charge in [0.15, 0.2) is 10.9 Å². The molecule has 1 atom stereocenters. The van der Waals surface area contributed by atoms with Crippen molar-refractivity contribution >= 4 is 28.9 Å². The topological polar surface area (TPSA) is 41.3 Å². The maximum Gasteiger partial charge on any atom is 0.170 e. The highest BCUT2D eigenvalue weighted by Gasteiger charge is 2.30. The minimum absolute atomic E-state index is 0.0553.